The number of fused-ring (bicyclic) bond motifs is 1. The number of sulfonamides is 1. The first-order chi connectivity index (χ1) is 9.97. The van der Waals surface area contributed by atoms with Crippen LogP contribution < -0.4 is 4.90 Å². The van der Waals surface area contributed by atoms with Gasteiger partial charge >= 0.3 is 0 Å². The normalized spacial score (nSPS) is 20.8. The summed E-state index contributed by atoms with van der Waals surface area (Å²) >= 11 is 0. The molecule has 8 heteroatoms. The van der Waals surface area contributed by atoms with Gasteiger partial charge in [0, 0.05) is 32.4 Å². The number of anilines is 1. The molecule has 0 radical (unpaired) electrons. The Morgan fingerprint density at radius 3 is 3.00 bits per heavy atom. The van der Waals surface area contributed by atoms with Crippen molar-refractivity contribution >= 4 is 26.9 Å². The maximum Gasteiger partial charge on any atom is 0.211 e. The van der Waals surface area contributed by atoms with Crippen molar-refractivity contribution < 1.29 is 8.42 Å². The summed E-state index contributed by atoms with van der Waals surface area (Å²) in [4.78, 5) is 13.7. The predicted octanol–water partition coefficient (Wildman–Crippen LogP) is 0.818. The quantitative estimate of drug-likeness (QED) is 0.907. The molecule has 0 bridgehead atoms. The average Bonchev–Trinajstić information content (AvgIpc) is 2.94. The largest absolute Gasteiger partial charge is 0.355 e. The molecule has 114 valence electrons. The van der Waals surface area contributed by atoms with Crippen molar-refractivity contribution in [3.05, 3.63) is 18.6 Å². The summed E-state index contributed by atoms with van der Waals surface area (Å²) in [5, 5.41) is 0.955. The second-order valence-electron chi connectivity index (χ2n) is 5.47. The standard InChI is InChI=1S/C13H19N5O2S/c1-17(10-4-3-7-18(8-10)21(2,19)20)13-11-5-6-14-12(11)15-9-16-13/h5-6,9-10H,3-4,7-8H2,1-2H3,(H,14,15,16). The van der Waals surface area contributed by atoms with Crippen LogP contribution in [0.2, 0.25) is 0 Å². The molecule has 1 fully saturated rings. The molecule has 7 nitrogen and oxygen atoms in total. The fourth-order valence-electron chi connectivity index (χ4n) is 2.85. The topological polar surface area (TPSA) is 82.2 Å². The van der Waals surface area contributed by atoms with E-state index in [9.17, 15) is 8.42 Å². The number of aromatic amines is 1. The fraction of sp³-hybridized carbons (Fsp3) is 0.538. The molecule has 1 aliphatic rings. The Hall–Kier alpha value is -1.67. The minimum Gasteiger partial charge on any atom is -0.355 e. The summed E-state index contributed by atoms with van der Waals surface area (Å²) in [7, 11) is -1.17. The first kappa shape index (κ1) is 14.3. The van der Waals surface area contributed by atoms with Crippen LogP contribution in [0, 0.1) is 0 Å². The Kier molecular flexibility index (Phi) is 3.58. The van der Waals surface area contributed by atoms with E-state index in [1.54, 1.807) is 4.31 Å². The van der Waals surface area contributed by atoms with Crippen molar-refractivity contribution in [3.63, 3.8) is 0 Å². The van der Waals surface area contributed by atoms with E-state index in [2.05, 4.69) is 19.9 Å². The minimum atomic E-state index is -3.14. The SMILES string of the molecule is CN(c1ncnc2[nH]ccc12)C1CCCN(S(C)(=O)=O)C1. The lowest BCUT2D eigenvalue weighted by Gasteiger charge is -2.37. The molecule has 2 aromatic rings. The summed E-state index contributed by atoms with van der Waals surface area (Å²) in [5.74, 6) is 0.835. The van der Waals surface area contributed by atoms with Crippen LogP contribution in [0.15, 0.2) is 18.6 Å². The Balaban J connectivity index is 1.88. The van der Waals surface area contributed by atoms with E-state index in [1.807, 2.05) is 19.3 Å². The van der Waals surface area contributed by atoms with E-state index in [4.69, 9.17) is 0 Å². The van der Waals surface area contributed by atoms with Crippen LogP contribution in [-0.4, -0.2) is 60.1 Å². The van der Waals surface area contributed by atoms with Crippen LogP contribution in [0.4, 0.5) is 5.82 Å². The van der Waals surface area contributed by atoms with Gasteiger partial charge in [0.2, 0.25) is 10.0 Å². The molecule has 0 aromatic carbocycles. The lowest BCUT2D eigenvalue weighted by atomic mass is 10.1. The lowest BCUT2D eigenvalue weighted by molar-refractivity contribution is 0.312. The van der Waals surface area contributed by atoms with E-state index in [0.29, 0.717) is 13.1 Å². The first-order valence-electron chi connectivity index (χ1n) is 6.93. The van der Waals surface area contributed by atoms with Gasteiger partial charge < -0.3 is 9.88 Å². The van der Waals surface area contributed by atoms with Gasteiger partial charge in [0.05, 0.1) is 11.6 Å². The zero-order valence-electron chi connectivity index (χ0n) is 12.2. The van der Waals surface area contributed by atoms with Gasteiger partial charge in [-0.3, -0.25) is 0 Å². The highest BCUT2D eigenvalue weighted by Crippen LogP contribution is 2.26. The van der Waals surface area contributed by atoms with Gasteiger partial charge in [0.25, 0.3) is 0 Å². The third-order valence-corrected chi connectivity index (χ3v) is 5.31. The van der Waals surface area contributed by atoms with Crippen LogP contribution in [0.1, 0.15) is 12.8 Å². The van der Waals surface area contributed by atoms with Gasteiger partial charge in [0.15, 0.2) is 0 Å². The van der Waals surface area contributed by atoms with Gasteiger partial charge in [-0.2, -0.15) is 0 Å². The monoisotopic (exact) mass is 309 g/mol. The molecule has 1 N–H and O–H groups in total. The molecule has 21 heavy (non-hydrogen) atoms. The Labute approximate surface area is 124 Å². The maximum absolute atomic E-state index is 11.7. The number of nitrogens with zero attached hydrogens (tertiary/aromatic N) is 4. The first-order valence-corrected chi connectivity index (χ1v) is 8.77. The second-order valence-corrected chi connectivity index (χ2v) is 7.45. The van der Waals surface area contributed by atoms with Crippen molar-refractivity contribution in [2.45, 2.75) is 18.9 Å². The van der Waals surface area contributed by atoms with Crippen LogP contribution >= 0.6 is 0 Å². The molecule has 1 aliphatic heterocycles. The van der Waals surface area contributed by atoms with E-state index < -0.39 is 10.0 Å². The van der Waals surface area contributed by atoms with Gasteiger partial charge in [-0.1, -0.05) is 0 Å². The lowest BCUT2D eigenvalue weighted by Crippen LogP contribution is -2.48. The highest BCUT2D eigenvalue weighted by Gasteiger charge is 2.29. The number of rotatable bonds is 3. The van der Waals surface area contributed by atoms with Gasteiger partial charge in [-0.25, -0.2) is 22.7 Å². The zero-order valence-corrected chi connectivity index (χ0v) is 13.0. The third-order valence-electron chi connectivity index (χ3n) is 4.04. The zero-order chi connectivity index (χ0) is 15.0. The summed E-state index contributed by atoms with van der Waals surface area (Å²) in [6.45, 7) is 1.11. The molecule has 0 amide bonds. The molecule has 2 aromatic heterocycles. The number of hydrogen-bond donors (Lipinski definition) is 1. The molecular formula is C13H19N5O2S. The predicted molar refractivity (Wildman–Crippen MR) is 81.7 cm³/mol. The fourth-order valence-corrected chi connectivity index (χ4v) is 3.75. The average molecular weight is 309 g/mol. The molecule has 1 atom stereocenters. The van der Waals surface area contributed by atoms with Crippen molar-refractivity contribution in [1.29, 1.82) is 0 Å². The van der Waals surface area contributed by atoms with Gasteiger partial charge in [-0.05, 0) is 18.9 Å². The molecule has 0 spiro atoms. The molecule has 3 heterocycles. The van der Waals surface area contributed by atoms with Crippen molar-refractivity contribution in [2.75, 3.05) is 31.3 Å². The summed E-state index contributed by atoms with van der Waals surface area (Å²) in [6.07, 6.45) is 6.45. The van der Waals surface area contributed by atoms with Gasteiger partial charge in [0.1, 0.15) is 17.8 Å². The molecule has 1 unspecified atom stereocenters. The van der Waals surface area contributed by atoms with Crippen molar-refractivity contribution in [3.8, 4) is 0 Å². The number of aromatic nitrogens is 3. The third kappa shape index (κ3) is 2.73. The van der Waals surface area contributed by atoms with Crippen molar-refractivity contribution in [1.82, 2.24) is 19.3 Å². The Bertz CT molecular complexity index is 742. The van der Waals surface area contributed by atoms with Crippen molar-refractivity contribution in [2.24, 2.45) is 0 Å². The molecule has 0 aliphatic carbocycles. The van der Waals surface area contributed by atoms with Crippen LogP contribution in [-0.2, 0) is 10.0 Å². The van der Waals surface area contributed by atoms with E-state index in [0.717, 1.165) is 29.7 Å². The van der Waals surface area contributed by atoms with Crippen LogP contribution in [0.3, 0.4) is 0 Å². The number of likely N-dealkylation sites (N-methyl/N-ethyl adjacent to an activating group) is 1. The Morgan fingerprint density at radius 2 is 2.24 bits per heavy atom. The minimum absolute atomic E-state index is 0.126. The smallest absolute Gasteiger partial charge is 0.211 e. The highest BCUT2D eigenvalue weighted by atomic mass is 32.2. The van der Waals surface area contributed by atoms with Gasteiger partial charge in [-0.15, -0.1) is 0 Å². The highest BCUT2D eigenvalue weighted by molar-refractivity contribution is 7.88. The number of piperidine rings is 1. The molecular weight excluding hydrogens is 290 g/mol. The van der Waals surface area contributed by atoms with Crippen LogP contribution in [0.5, 0.6) is 0 Å². The molecule has 0 saturated carbocycles. The maximum atomic E-state index is 11.7. The van der Waals surface area contributed by atoms with E-state index in [1.165, 1.54) is 12.6 Å². The molecule has 3 rings (SSSR count). The van der Waals surface area contributed by atoms with E-state index >= 15 is 0 Å². The molecule has 1 saturated heterocycles. The Morgan fingerprint density at radius 1 is 1.43 bits per heavy atom. The second kappa shape index (κ2) is 5.27. The number of nitrogens with one attached hydrogen (secondary N) is 1. The number of hydrogen-bond acceptors (Lipinski definition) is 5. The number of H-pyrrole nitrogens is 1. The summed E-state index contributed by atoms with van der Waals surface area (Å²) in [6, 6.07) is 2.07. The summed E-state index contributed by atoms with van der Waals surface area (Å²) < 4.78 is 25.0. The van der Waals surface area contributed by atoms with Crippen LogP contribution in [0.25, 0.3) is 11.0 Å². The summed E-state index contributed by atoms with van der Waals surface area (Å²) in [5.41, 5.74) is 0.794. The van der Waals surface area contributed by atoms with E-state index in [-0.39, 0.29) is 6.04 Å².